The van der Waals surface area contributed by atoms with Gasteiger partial charge in [0.2, 0.25) is 0 Å². The second-order valence-corrected chi connectivity index (χ2v) is 6.58. The number of halogens is 2. The lowest BCUT2D eigenvalue weighted by atomic mass is 9.95. The largest absolute Gasteiger partial charge is 0.373 e. The average Bonchev–Trinajstić information content (AvgIpc) is 2.90. The van der Waals surface area contributed by atoms with Crippen LogP contribution in [0.25, 0.3) is 0 Å². The maximum absolute atomic E-state index is 12.2. The molecule has 2 heterocycles. The third kappa shape index (κ3) is 2.36. The summed E-state index contributed by atoms with van der Waals surface area (Å²) >= 11 is 6.79. The van der Waals surface area contributed by atoms with E-state index in [4.69, 9.17) is 4.74 Å². The van der Waals surface area contributed by atoms with Crippen molar-refractivity contribution < 1.29 is 9.53 Å². The second-order valence-electron chi connectivity index (χ2n) is 4.81. The third-order valence-electron chi connectivity index (χ3n) is 3.60. The van der Waals surface area contributed by atoms with E-state index in [-0.39, 0.29) is 18.1 Å². The first-order valence-electron chi connectivity index (χ1n) is 6.05. The molecule has 1 aromatic carbocycles. The van der Waals surface area contributed by atoms with E-state index in [1.807, 2.05) is 18.2 Å². The highest BCUT2D eigenvalue weighted by molar-refractivity contribution is 9.11. The molecule has 1 aromatic rings. The van der Waals surface area contributed by atoms with Crippen LogP contribution in [0.15, 0.2) is 27.1 Å². The van der Waals surface area contributed by atoms with Crippen LogP contribution in [-0.4, -0.2) is 24.2 Å². The fourth-order valence-corrected chi connectivity index (χ4v) is 3.94. The summed E-state index contributed by atoms with van der Waals surface area (Å²) in [4.78, 5) is 12.2. The number of hydrogen-bond acceptors (Lipinski definition) is 2. The molecule has 1 N–H and O–H groups in total. The predicted molar refractivity (Wildman–Crippen MR) is 75.6 cm³/mol. The number of ether oxygens (including phenoxy) is 1. The van der Waals surface area contributed by atoms with Crippen molar-refractivity contribution in [1.82, 2.24) is 5.32 Å². The van der Waals surface area contributed by atoms with Gasteiger partial charge < -0.3 is 10.1 Å². The highest BCUT2D eigenvalue weighted by atomic mass is 79.9. The standard InChI is InChI=1S/C13H13Br2NO2/c14-7-1-3-9(10(15)5-7)13(17)16-11-6-8-2-4-12(11)18-8/h1,3,5,8,11-12H,2,4,6H2,(H,16,17). The summed E-state index contributed by atoms with van der Waals surface area (Å²) in [5.41, 5.74) is 0.668. The van der Waals surface area contributed by atoms with Gasteiger partial charge in [-0.15, -0.1) is 0 Å². The van der Waals surface area contributed by atoms with E-state index in [1.54, 1.807) is 0 Å². The Morgan fingerprint density at radius 3 is 2.78 bits per heavy atom. The van der Waals surface area contributed by atoms with E-state index in [1.165, 1.54) is 0 Å². The minimum absolute atomic E-state index is 0.0319. The van der Waals surface area contributed by atoms with Crippen LogP contribution in [0.2, 0.25) is 0 Å². The molecule has 96 valence electrons. The maximum Gasteiger partial charge on any atom is 0.252 e. The van der Waals surface area contributed by atoms with Gasteiger partial charge in [0.15, 0.2) is 0 Å². The molecule has 0 aromatic heterocycles. The highest BCUT2D eigenvalue weighted by Gasteiger charge is 2.41. The number of fused-ring (bicyclic) bond motifs is 2. The lowest BCUT2D eigenvalue weighted by Crippen LogP contribution is -2.41. The van der Waals surface area contributed by atoms with E-state index < -0.39 is 0 Å². The van der Waals surface area contributed by atoms with Crippen molar-refractivity contribution in [2.75, 3.05) is 0 Å². The minimum atomic E-state index is -0.0319. The first-order chi connectivity index (χ1) is 8.63. The SMILES string of the molecule is O=C(NC1CC2CCC1O2)c1ccc(Br)cc1Br. The van der Waals surface area contributed by atoms with Gasteiger partial charge >= 0.3 is 0 Å². The lowest BCUT2D eigenvalue weighted by molar-refractivity contribution is 0.0840. The van der Waals surface area contributed by atoms with Crippen molar-refractivity contribution in [2.24, 2.45) is 0 Å². The number of carbonyl (C=O) groups excluding carboxylic acids is 1. The Bertz CT molecular complexity index is 492. The molecule has 2 fully saturated rings. The van der Waals surface area contributed by atoms with Crippen molar-refractivity contribution in [3.05, 3.63) is 32.7 Å². The number of hydrogen-bond donors (Lipinski definition) is 1. The van der Waals surface area contributed by atoms with E-state index in [0.717, 1.165) is 28.2 Å². The Hall–Kier alpha value is -0.390. The monoisotopic (exact) mass is 373 g/mol. The zero-order chi connectivity index (χ0) is 12.7. The Morgan fingerprint density at radius 1 is 1.33 bits per heavy atom. The molecule has 0 radical (unpaired) electrons. The molecule has 3 rings (SSSR count). The number of rotatable bonds is 2. The molecule has 0 aliphatic carbocycles. The van der Waals surface area contributed by atoms with Gasteiger partial charge in [-0.1, -0.05) is 15.9 Å². The molecule has 18 heavy (non-hydrogen) atoms. The minimum Gasteiger partial charge on any atom is -0.373 e. The zero-order valence-corrected chi connectivity index (χ0v) is 12.8. The van der Waals surface area contributed by atoms with Crippen LogP contribution in [0.5, 0.6) is 0 Å². The highest BCUT2D eigenvalue weighted by Crippen LogP contribution is 2.34. The quantitative estimate of drug-likeness (QED) is 0.862. The lowest BCUT2D eigenvalue weighted by Gasteiger charge is -2.20. The fourth-order valence-electron chi connectivity index (χ4n) is 2.71. The van der Waals surface area contributed by atoms with Crippen molar-refractivity contribution in [3.63, 3.8) is 0 Å². The second kappa shape index (κ2) is 4.94. The van der Waals surface area contributed by atoms with Crippen LogP contribution >= 0.6 is 31.9 Å². The zero-order valence-electron chi connectivity index (χ0n) is 9.66. The van der Waals surface area contributed by atoms with E-state index in [0.29, 0.717) is 11.7 Å². The number of carbonyl (C=O) groups is 1. The molecule has 2 aliphatic rings. The van der Waals surface area contributed by atoms with E-state index in [9.17, 15) is 4.79 Å². The van der Waals surface area contributed by atoms with Crippen LogP contribution < -0.4 is 5.32 Å². The van der Waals surface area contributed by atoms with Gasteiger partial charge in [-0.2, -0.15) is 0 Å². The topological polar surface area (TPSA) is 38.3 Å². The number of amides is 1. The van der Waals surface area contributed by atoms with Crippen LogP contribution in [0.4, 0.5) is 0 Å². The average molecular weight is 375 g/mol. The van der Waals surface area contributed by atoms with Gasteiger partial charge in [0.25, 0.3) is 5.91 Å². The van der Waals surface area contributed by atoms with Gasteiger partial charge in [0.05, 0.1) is 23.8 Å². The molecule has 0 spiro atoms. The molecule has 5 heteroatoms. The van der Waals surface area contributed by atoms with Gasteiger partial charge in [0.1, 0.15) is 0 Å². The van der Waals surface area contributed by atoms with E-state index >= 15 is 0 Å². The first-order valence-corrected chi connectivity index (χ1v) is 7.63. The summed E-state index contributed by atoms with van der Waals surface area (Å²) in [5, 5.41) is 3.08. The molecule has 2 bridgehead atoms. The van der Waals surface area contributed by atoms with Gasteiger partial charge in [-0.25, -0.2) is 0 Å². The maximum atomic E-state index is 12.2. The van der Waals surface area contributed by atoms with Crippen LogP contribution in [0, 0.1) is 0 Å². The fraction of sp³-hybridized carbons (Fsp3) is 0.462. The van der Waals surface area contributed by atoms with Crippen LogP contribution in [0.3, 0.4) is 0 Å². The van der Waals surface area contributed by atoms with Crippen molar-refractivity contribution in [1.29, 1.82) is 0 Å². The molecule has 2 saturated heterocycles. The molecule has 3 atom stereocenters. The summed E-state index contributed by atoms with van der Waals surface area (Å²) in [6.07, 6.45) is 3.72. The van der Waals surface area contributed by atoms with Crippen molar-refractivity contribution in [2.45, 2.75) is 37.5 Å². The summed E-state index contributed by atoms with van der Waals surface area (Å²) in [6.45, 7) is 0. The molecule has 3 nitrogen and oxygen atoms in total. The Balaban J connectivity index is 1.71. The molecular formula is C13H13Br2NO2. The number of benzene rings is 1. The molecular weight excluding hydrogens is 362 g/mol. The molecule has 3 unspecified atom stereocenters. The van der Waals surface area contributed by atoms with Crippen molar-refractivity contribution >= 4 is 37.8 Å². The van der Waals surface area contributed by atoms with E-state index in [2.05, 4.69) is 37.2 Å². The summed E-state index contributed by atoms with van der Waals surface area (Å²) < 4.78 is 7.49. The Morgan fingerprint density at radius 2 is 2.17 bits per heavy atom. The third-order valence-corrected chi connectivity index (χ3v) is 4.75. The molecule has 1 amide bonds. The van der Waals surface area contributed by atoms with Gasteiger partial charge in [-0.3, -0.25) is 4.79 Å². The smallest absolute Gasteiger partial charge is 0.252 e. The van der Waals surface area contributed by atoms with Gasteiger partial charge in [0, 0.05) is 8.95 Å². The predicted octanol–water partition coefficient (Wildman–Crippen LogP) is 3.26. The number of nitrogens with one attached hydrogen (secondary N) is 1. The summed E-state index contributed by atoms with van der Waals surface area (Å²) in [7, 11) is 0. The molecule has 0 saturated carbocycles. The summed E-state index contributed by atoms with van der Waals surface area (Å²) in [5.74, 6) is -0.0319. The van der Waals surface area contributed by atoms with Crippen LogP contribution in [-0.2, 0) is 4.74 Å². The molecule has 2 aliphatic heterocycles. The first kappa shape index (κ1) is 12.6. The van der Waals surface area contributed by atoms with Gasteiger partial charge in [-0.05, 0) is 53.4 Å². The Kier molecular flexibility index (Phi) is 3.47. The van der Waals surface area contributed by atoms with Crippen molar-refractivity contribution in [3.8, 4) is 0 Å². The Labute approximate surface area is 123 Å². The van der Waals surface area contributed by atoms with Crippen LogP contribution in [0.1, 0.15) is 29.6 Å². The normalized spacial score (nSPS) is 29.6. The summed E-state index contributed by atoms with van der Waals surface area (Å²) in [6, 6.07) is 5.74.